The summed E-state index contributed by atoms with van der Waals surface area (Å²) in [5, 5.41) is 0.730. The maximum atomic E-state index is 15.2. The molecule has 37 heavy (non-hydrogen) atoms. The van der Waals surface area contributed by atoms with Crippen LogP contribution in [0.5, 0.6) is 0 Å². The van der Waals surface area contributed by atoms with Crippen LogP contribution in [-0.4, -0.2) is 29.2 Å². The molecule has 0 saturated heterocycles. The molecule has 0 radical (unpaired) electrons. The molecule has 1 aromatic carbocycles. The summed E-state index contributed by atoms with van der Waals surface area (Å²) in [7, 11) is -1.62. The SMILES string of the molecule is Nc1ncnc2c1c(-c1ccc(NS(=O)c3ccc(-c4ccccn4)s3)c(F)c1)cn2C1CCCC1.O. The number of anilines is 2. The van der Waals surface area contributed by atoms with Crippen molar-refractivity contribution in [2.24, 2.45) is 0 Å². The van der Waals surface area contributed by atoms with Gasteiger partial charge in [0.1, 0.15) is 27.8 Å². The summed E-state index contributed by atoms with van der Waals surface area (Å²) in [5.74, 6) is -0.128. The second-order valence-corrected chi connectivity index (χ2v) is 11.3. The molecule has 11 heteroatoms. The minimum Gasteiger partial charge on any atom is -0.412 e. The average Bonchev–Trinajstić information content (AvgIpc) is 3.66. The van der Waals surface area contributed by atoms with E-state index in [1.165, 1.54) is 36.6 Å². The number of hydrogen-bond donors (Lipinski definition) is 2. The van der Waals surface area contributed by atoms with Crippen molar-refractivity contribution >= 4 is 44.9 Å². The lowest BCUT2D eigenvalue weighted by molar-refractivity contribution is 0.532. The number of nitrogens with two attached hydrogens (primary N) is 1. The number of nitrogens with zero attached hydrogens (tertiary/aromatic N) is 4. The van der Waals surface area contributed by atoms with Crippen LogP contribution >= 0.6 is 11.3 Å². The molecule has 1 aliphatic rings. The van der Waals surface area contributed by atoms with E-state index in [2.05, 4.69) is 24.2 Å². The van der Waals surface area contributed by atoms with E-state index in [4.69, 9.17) is 5.73 Å². The quantitative estimate of drug-likeness (QED) is 0.301. The largest absolute Gasteiger partial charge is 0.412 e. The number of nitrogen functional groups attached to an aromatic ring is 1. The Balaban J connectivity index is 0.00000280. The first-order valence-corrected chi connectivity index (χ1v) is 13.7. The van der Waals surface area contributed by atoms with Crippen LogP contribution in [-0.2, 0) is 11.0 Å². The van der Waals surface area contributed by atoms with E-state index >= 15 is 4.39 Å². The summed E-state index contributed by atoms with van der Waals surface area (Å²) in [4.78, 5) is 13.9. The summed E-state index contributed by atoms with van der Waals surface area (Å²) < 4.78 is 33.7. The highest BCUT2D eigenvalue weighted by molar-refractivity contribution is 7.88. The van der Waals surface area contributed by atoms with Gasteiger partial charge in [-0.1, -0.05) is 25.0 Å². The lowest BCUT2D eigenvalue weighted by atomic mass is 10.1. The first-order chi connectivity index (χ1) is 17.6. The van der Waals surface area contributed by atoms with Gasteiger partial charge in [0.2, 0.25) is 0 Å². The number of thiophene rings is 1. The zero-order valence-corrected chi connectivity index (χ0v) is 21.4. The van der Waals surface area contributed by atoms with Gasteiger partial charge in [-0.25, -0.2) is 18.6 Å². The topological polar surface area (TPSA) is 130 Å². The molecular weight excluding hydrogens is 511 g/mol. The maximum Gasteiger partial charge on any atom is 0.160 e. The highest BCUT2D eigenvalue weighted by Gasteiger charge is 2.23. The van der Waals surface area contributed by atoms with E-state index in [0.717, 1.165) is 40.0 Å². The number of halogens is 1. The van der Waals surface area contributed by atoms with Gasteiger partial charge in [0.25, 0.3) is 0 Å². The molecule has 4 aromatic heterocycles. The van der Waals surface area contributed by atoms with Crippen molar-refractivity contribution in [3.63, 3.8) is 0 Å². The summed E-state index contributed by atoms with van der Waals surface area (Å²) in [5.41, 5.74) is 9.43. The Bertz CT molecular complexity index is 1580. The number of aromatic nitrogens is 4. The van der Waals surface area contributed by atoms with Gasteiger partial charge in [-0.3, -0.25) is 9.71 Å². The fourth-order valence-electron chi connectivity index (χ4n) is 4.77. The van der Waals surface area contributed by atoms with Gasteiger partial charge in [-0.2, -0.15) is 0 Å². The second-order valence-electron chi connectivity index (χ2n) is 8.74. The monoisotopic (exact) mass is 536 g/mol. The Morgan fingerprint density at radius 3 is 2.68 bits per heavy atom. The van der Waals surface area contributed by atoms with Crippen molar-refractivity contribution in [2.45, 2.75) is 35.9 Å². The van der Waals surface area contributed by atoms with Crippen molar-refractivity contribution in [1.82, 2.24) is 19.5 Å². The van der Waals surface area contributed by atoms with E-state index in [1.54, 1.807) is 24.4 Å². The molecule has 6 rings (SSSR count). The molecule has 0 bridgehead atoms. The van der Waals surface area contributed by atoms with Gasteiger partial charge in [0, 0.05) is 24.0 Å². The number of hydrogen-bond acceptors (Lipinski definition) is 6. The molecular formula is C26H25FN6O2S2. The van der Waals surface area contributed by atoms with Crippen LogP contribution in [0.1, 0.15) is 31.7 Å². The molecule has 1 unspecified atom stereocenters. The van der Waals surface area contributed by atoms with Crippen LogP contribution in [0.2, 0.25) is 0 Å². The zero-order chi connectivity index (χ0) is 24.6. The molecule has 8 nitrogen and oxygen atoms in total. The molecule has 0 aliphatic heterocycles. The third kappa shape index (κ3) is 4.73. The van der Waals surface area contributed by atoms with E-state index in [9.17, 15) is 4.21 Å². The predicted octanol–water partition coefficient (Wildman–Crippen LogP) is 5.37. The van der Waals surface area contributed by atoms with Gasteiger partial charge < -0.3 is 15.8 Å². The average molecular weight is 537 g/mol. The molecule has 190 valence electrons. The van der Waals surface area contributed by atoms with Crippen LogP contribution in [0.25, 0.3) is 32.7 Å². The number of benzene rings is 1. The van der Waals surface area contributed by atoms with Crippen molar-refractivity contribution in [3.8, 4) is 21.7 Å². The van der Waals surface area contributed by atoms with Crippen molar-refractivity contribution in [1.29, 1.82) is 0 Å². The van der Waals surface area contributed by atoms with Gasteiger partial charge in [-0.15, -0.1) is 11.3 Å². The third-order valence-electron chi connectivity index (χ3n) is 6.52. The van der Waals surface area contributed by atoms with Crippen molar-refractivity contribution < 1.29 is 14.1 Å². The molecule has 1 atom stereocenters. The summed E-state index contributed by atoms with van der Waals surface area (Å²) >= 11 is 1.36. The lowest BCUT2D eigenvalue weighted by Gasteiger charge is -2.12. The minimum absolute atomic E-state index is 0. The van der Waals surface area contributed by atoms with Crippen molar-refractivity contribution in [3.05, 3.63) is 73.1 Å². The predicted molar refractivity (Wildman–Crippen MR) is 146 cm³/mol. The Hall–Kier alpha value is -3.67. The fraction of sp³-hybridized carbons (Fsp3) is 0.192. The van der Waals surface area contributed by atoms with E-state index < -0.39 is 16.8 Å². The van der Waals surface area contributed by atoms with E-state index in [-0.39, 0.29) is 11.2 Å². The van der Waals surface area contributed by atoms with Gasteiger partial charge in [0.15, 0.2) is 11.0 Å². The molecule has 0 amide bonds. The second kappa shape index (κ2) is 10.4. The Labute approximate surface area is 219 Å². The highest BCUT2D eigenvalue weighted by atomic mass is 32.2. The fourth-order valence-corrected chi connectivity index (χ4v) is 6.84. The lowest BCUT2D eigenvalue weighted by Crippen LogP contribution is -2.05. The zero-order valence-electron chi connectivity index (χ0n) is 19.7. The molecule has 4 heterocycles. The molecule has 0 spiro atoms. The van der Waals surface area contributed by atoms with E-state index in [1.807, 2.05) is 30.5 Å². The summed E-state index contributed by atoms with van der Waals surface area (Å²) in [6, 6.07) is 14.5. The van der Waals surface area contributed by atoms with Crippen molar-refractivity contribution in [2.75, 3.05) is 10.5 Å². The Kier molecular flexibility index (Phi) is 7.00. The van der Waals surface area contributed by atoms with Crippen LogP contribution in [0.15, 0.2) is 71.5 Å². The smallest absolute Gasteiger partial charge is 0.160 e. The molecule has 1 saturated carbocycles. The van der Waals surface area contributed by atoms with E-state index in [0.29, 0.717) is 21.6 Å². The summed E-state index contributed by atoms with van der Waals surface area (Å²) in [6.07, 6.45) is 9.73. The first kappa shape index (κ1) is 25.0. The number of rotatable bonds is 6. The molecule has 1 aliphatic carbocycles. The Morgan fingerprint density at radius 1 is 1.08 bits per heavy atom. The third-order valence-corrected chi connectivity index (χ3v) is 9.03. The molecule has 5 N–H and O–H groups in total. The van der Waals surface area contributed by atoms with Gasteiger partial charge in [0.05, 0.1) is 21.6 Å². The first-order valence-electron chi connectivity index (χ1n) is 11.7. The standard InChI is InChI=1S/C26H23FN6OS2.H2O/c27-19-13-16(18-14-33(17-5-1-2-6-17)26-24(18)25(28)30-15-31-26)8-9-20(19)32-36(34)23-11-10-22(35-23)21-7-3-4-12-29-21;/h3-4,7-15,17,32H,1-2,5-6H2,(H2,28,30,31);1H2. The molecule has 1 fully saturated rings. The number of pyridine rings is 1. The number of fused-ring (bicyclic) bond motifs is 1. The molecule has 5 aromatic rings. The highest BCUT2D eigenvalue weighted by Crippen LogP contribution is 2.39. The van der Waals surface area contributed by atoms with Crippen LogP contribution in [0, 0.1) is 5.82 Å². The maximum absolute atomic E-state index is 15.2. The number of nitrogens with one attached hydrogen (secondary N) is 1. The minimum atomic E-state index is -1.62. The van der Waals surface area contributed by atoms with Gasteiger partial charge in [-0.05, 0) is 54.8 Å². The summed E-state index contributed by atoms with van der Waals surface area (Å²) in [6.45, 7) is 0. The Morgan fingerprint density at radius 2 is 1.92 bits per heavy atom. The van der Waals surface area contributed by atoms with Crippen LogP contribution < -0.4 is 10.5 Å². The van der Waals surface area contributed by atoms with Crippen LogP contribution in [0.3, 0.4) is 0 Å². The normalized spacial score (nSPS) is 14.5. The van der Waals surface area contributed by atoms with Gasteiger partial charge >= 0.3 is 0 Å². The van der Waals surface area contributed by atoms with Crippen LogP contribution in [0.4, 0.5) is 15.9 Å².